The number of ether oxygens (including phenoxy) is 1. The summed E-state index contributed by atoms with van der Waals surface area (Å²) >= 11 is 5.69. The molecule has 0 aliphatic heterocycles. The number of aliphatic imine (C=N–C) groups is 1. The number of carbonyl (C=O) groups excluding carboxylic acids is 1. The second kappa shape index (κ2) is 7.15. The highest BCUT2D eigenvalue weighted by atomic mass is 35.5. The van der Waals surface area contributed by atoms with Crippen LogP contribution in [-0.4, -0.2) is 17.7 Å². The molecule has 0 fully saturated rings. The maximum absolute atomic E-state index is 11.0. The van der Waals surface area contributed by atoms with Crippen LogP contribution < -0.4 is 5.73 Å². The Hall–Kier alpha value is -1.29. The summed E-state index contributed by atoms with van der Waals surface area (Å²) in [5, 5.41) is 0.153. The van der Waals surface area contributed by atoms with Gasteiger partial charge in [0.15, 0.2) is 0 Å². The van der Waals surface area contributed by atoms with E-state index in [9.17, 15) is 4.79 Å². The number of hydrogen-bond donors (Lipinski definition) is 1. The summed E-state index contributed by atoms with van der Waals surface area (Å²) in [6.07, 6.45) is 2.59. The fourth-order valence-corrected chi connectivity index (χ4v) is 0.782. The summed E-state index contributed by atoms with van der Waals surface area (Å²) in [4.78, 5) is 14.7. The van der Waals surface area contributed by atoms with E-state index in [1.165, 1.54) is 12.4 Å². The Morgan fingerprint density at radius 1 is 1.71 bits per heavy atom. The average molecular weight is 217 g/mol. The van der Waals surface area contributed by atoms with Crippen molar-refractivity contribution in [2.45, 2.75) is 13.3 Å². The second-order valence-corrected chi connectivity index (χ2v) is 2.70. The van der Waals surface area contributed by atoms with E-state index in [2.05, 4.69) is 11.6 Å². The summed E-state index contributed by atoms with van der Waals surface area (Å²) in [5.74, 6) is -0.373. The zero-order valence-electron chi connectivity index (χ0n) is 8.00. The molecule has 0 spiro atoms. The SMILES string of the molecule is C=C(CC(=O)OCC)/C(Cl)=N\C=C/N. The topological polar surface area (TPSA) is 64.7 Å². The fraction of sp³-hybridized carbons (Fsp3) is 0.333. The summed E-state index contributed by atoms with van der Waals surface area (Å²) in [6.45, 7) is 5.66. The molecule has 0 aromatic heterocycles. The quantitative estimate of drug-likeness (QED) is 0.560. The van der Waals surface area contributed by atoms with Gasteiger partial charge in [0, 0.05) is 12.4 Å². The van der Waals surface area contributed by atoms with Crippen LogP contribution in [0.3, 0.4) is 0 Å². The Labute approximate surface area is 88.1 Å². The molecular formula is C9H13ClN2O2. The van der Waals surface area contributed by atoms with Crippen molar-refractivity contribution in [1.82, 2.24) is 0 Å². The number of esters is 1. The standard InChI is InChI=1S/C9H13ClN2O2/c1-3-14-8(13)6-7(2)9(10)12-5-4-11/h4-5H,2-3,6,11H2,1H3/b5-4-,12-9+. The Bertz CT molecular complexity index is 272. The minimum absolute atomic E-state index is 0.0363. The third-order valence-electron chi connectivity index (χ3n) is 1.23. The van der Waals surface area contributed by atoms with Gasteiger partial charge in [-0.3, -0.25) is 4.79 Å². The molecule has 0 bridgehead atoms. The lowest BCUT2D eigenvalue weighted by atomic mass is 10.2. The van der Waals surface area contributed by atoms with Crippen molar-refractivity contribution < 1.29 is 9.53 Å². The highest BCUT2D eigenvalue weighted by molar-refractivity contribution is 6.69. The normalized spacial score (nSPS) is 11.7. The monoisotopic (exact) mass is 216 g/mol. The Morgan fingerprint density at radius 2 is 2.36 bits per heavy atom. The molecular weight excluding hydrogens is 204 g/mol. The second-order valence-electron chi connectivity index (χ2n) is 2.35. The molecule has 0 rings (SSSR count). The number of hydrogen-bond acceptors (Lipinski definition) is 4. The molecule has 0 aliphatic carbocycles. The molecule has 14 heavy (non-hydrogen) atoms. The van der Waals surface area contributed by atoms with E-state index in [4.69, 9.17) is 22.1 Å². The highest BCUT2D eigenvalue weighted by Crippen LogP contribution is 2.07. The molecule has 0 amide bonds. The zero-order chi connectivity index (χ0) is 11.0. The van der Waals surface area contributed by atoms with E-state index in [0.29, 0.717) is 12.2 Å². The molecule has 0 saturated heterocycles. The van der Waals surface area contributed by atoms with Crippen LogP contribution in [-0.2, 0) is 9.53 Å². The fourth-order valence-electron chi connectivity index (χ4n) is 0.659. The van der Waals surface area contributed by atoms with Gasteiger partial charge in [0.1, 0.15) is 5.17 Å². The molecule has 0 aliphatic rings. The lowest BCUT2D eigenvalue weighted by Gasteiger charge is -2.02. The molecule has 0 radical (unpaired) electrons. The van der Waals surface area contributed by atoms with Crippen LogP contribution in [0.15, 0.2) is 29.5 Å². The van der Waals surface area contributed by atoms with Gasteiger partial charge < -0.3 is 10.5 Å². The Balaban J connectivity index is 4.14. The van der Waals surface area contributed by atoms with Gasteiger partial charge in [-0.05, 0) is 12.5 Å². The van der Waals surface area contributed by atoms with Crippen LogP contribution in [0.5, 0.6) is 0 Å². The summed E-state index contributed by atoms with van der Waals surface area (Å²) < 4.78 is 4.71. The summed E-state index contributed by atoms with van der Waals surface area (Å²) in [6, 6.07) is 0. The maximum Gasteiger partial charge on any atom is 0.310 e. The van der Waals surface area contributed by atoms with Crippen LogP contribution in [0.2, 0.25) is 0 Å². The Kier molecular flexibility index (Phi) is 6.49. The first-order valence-electron chi connectivity index (χ1n) is 4.05. The largest absolute Gasteiger partial charge is 0.466 e. The van der Waals surface area contributed by atoms with Crippen LogP contribution in [0.1, 0.15) is 13.3 Å². The minimum atomic E-state index is -0.373. The molecule has 4 nitrogen and oxygen atoms in total. The van der Waals surface area contributed by atoms with Crippen LogP contribution >= 0.6 is 11.6 Å². The van der Waals surface area contributed by atoms with Crippen LogP contribution in [0.25, 0.3) is 0 Å². The lowest BCUT2D eigenvalue weighted by molar-refractivity contribution is -0.142. The number of nitrogens with two attached hydrogens (primary N) is 1. The third-order valence-corrected chi connectivity index (χ3v) is 1.59. The first-order valence-corrected chi connectivity index (χ1v) is 4.43. The van der Waals surface area contributed by atoms with Gasteiger partial charge in [-0.15, -0.1) is 0 Å². The number of halogens is 1. The molecule has 0 unspecified atom stereocenters. The van der Waals surface area contributed by atoms with Gasteiger partial charge >= 0.3 is 5.97 Å². The predicted molar refractivity (Wildman–Crippen MR) is 57.0 cm³/mol. The zero-order valence-corrected chi connectivity index (χ0v) is 8.75. The van der Waals surface area contributed by atoms with Crippen LogP contribution in [0.4, 0.5) is 0 Å². The van der Waals surface area contributed by atoms with E-state index in [0.717, 1.165) is 0 Å². The molecule has 5 heteroatoms. The van der Waals surface area contributed by atoms with E-state index in [1.54, 1.807) is 6.92 Å². The Morgan fingerprint density at radius 3 is 2.86 bits per heavy atom. The molecule has 0 saturated carbocycles. The van der Waals surface area contributed by atoms with E-state index < -0.39 is 0 Å². The van der Waals surface area contributed by atoms with Gasteiger partial charge in [-0.25, -0.2) is 4.99 Å². The molecule has 0 heterocycles. The number of carbonyl (C=O) groups is 1. The van der Waals surface area contributed by atoms with Crippen molar-refractivity contribution in [1.29, 1.82) is 0 Å². The minimum Gasteiger partial charge on any atom is -0.466 e. The summed E-state index contributed by atoms with van der Waals surface area (Å²) in [7, 11) is 0. The van der Waals surface area contributed by atoms with E-state index in [-0.39, 0.29) is 17.6 Å². The smallest absolute Gasteiger partial charge is 0.310 e. The third kappa shape index (κ3) is 5.37. The van der Waals surface area contributed by atoms with Gasteiger partial charge in [0.05, 0.1) is 13.0 Å². The number of rotatable bonds is 5. The molecule has 78 valence electrons. The van der Waals surface area contributed by atoms with Crippen molar-refractivity contribution in [3.05, 3.63) is 24.6 Å². The van der Waals surface area contributed by atoms with Crippen molar-refractivity contribution in [3.63, 3.8) is 0 Å². The molecule has 2 N–H and O–H groups in total. The average Bonchev–Trinajstić information content (AvgIpc) is 2.14. The van der Waals surface area contributed by atoms with Gasteiger partial charge in [-0.2, -0.15) is 0 Å². The van der Waals surface area contributed by atoms with Gasteiger partial charge in [0.2, 0.25) is 0 Å². The van der Waals surface area contributed by atoms with Crippen LogP contribution in [0, 0.1) is 0 Å². The van der Waals surface area contributed by atoms with Crippen molar-refractivity contribution in [3.8, 4) is 0 Å². The van der Waals surface area contributed by atoms with Crippen molar-refractivity contribution in [2.24, 2.45) is 10.7 Å². The van der Waals surface area contributed by atoms with E-state index in [1.807, 2.05) is 0 Å². The highest BCUT2D eigenvalue weighted by Gasteiger charge is 2.07. The first-order chi connectivity index (χ1) is 6.61. The van der Waals surface area contributed by atoms with Gasteiger partial charge in [0.25, 0.3) is 0 Å². The molecule has 0 aromatic carbocycles. The lowest BCUT2D eigenvalue weighted by Crippen LogP contribution is -2.07. The van der Waals surface area contributed by atoms with Crippen molar-refractivity contribution in [2.75, 3.05) is 6.61 Å². The molecule has 0 atom stereocenters. The number of nitrogens with zero attached hydrogens (tertiary/aromatic N) is 1. The summed E-state index contributed by atoms with van der Waals surface area (Å²) in [5.41, 5.74) is 5.46. The van der Waals surface area contributed by atoms with Gasteiger partial charge in [-0.1, -0.05) is 18.2 Å². The predicted octanol–water partition coefficient (Wildman–Crippen LogP) is 1.56. The van der Waals surface area contributed by atoms with E-state index >= 15 is 0 Å². The first kappa shape index (κ1) is 12.7. The maximum atomic E-state index is 11.0. The van der Waals surface area contributed by atoms with Crippen molar-refractivity contribution >= 4 is 22.7 Å². The molecule has 0 aromatic rings.